The zero-order valence-corrected chi connectivity index (χ0v) is 18.1. The maximum absolute atomic E-state index is 14.5. The molecule has 2 aliphatic rings. The number of nitrogens with zero attached hydrogens (tertiary/aromatic N) is 1. The summed E-state index contributed by atoms with van der Waals surface area (Å²) < 4.78 is 50.0. The number of carbonyl (C=O) groups is 1. The third kappa shape index (κ3) is 5.18. The highest BCUT2D eigenvalue weighted by atomic mass is 32.2. The van der Waals surface area contributed by atoms with Crippen LogP contribution in [-0.2, 0) is 11.2 Å². The number of carbonyl (C=O) groups excluding carboxylic acids is 1. The Morgan fingerprint density at radius 1 is 1.23 bits per heavy atom. The first-order valence-electron chi connectivity index (χ1n) is 10.4. The van der Waals surface area contributed by atoms with Crippen LogP contribution in [-0.4, -0.2) is 41.3 Å². The molecule has 2 aromatic rings. The van der Waals surface area contributed by atoms with Gasteiger partial charge in [0.2, 0.25) is 5.91 Å². The van der Waals surface area contributed by atoms with Crippen LogP contribution in [0, 0.1) is 5.82 Å². The van der Waals surface area contributed by atoms with Crippen LogP contribution in [0.15, 0.2) is 42.5 Å². The highest BCUT2D eigenvalue weighted by Gasteiger charge is 2.36. The van der Waals surface area contributed by atoms with Crippen molar-refractivity contribution in [2.45, 2.75) is 49.9 Å². The Bertz CT molecular complexity index is 951. The number of benzene rings is 2. The van der Waals surface area contributed by atoms with E-state index in [-0.39, 0.29) is 36.8 Å². The second-order valence-corrected chi connectivity index (χ2v) is 9.21. The average Bonchev–Trinajstić information content (AvgIpc) is 2.73. The summed E-state index contributed by atoms with van der Waals surface area (Å²) in [7, 11) is 0. The van der Waals surface area contributed by atoms with Gasteiger partial charge in [-0.1, -0.05) is 36.4 Å². The number of piperidine rings is 1. The Balaban J connectivity index is 1.70. The summed E-state index contributed by atoms with van der Waals surface area (Å²) in [5.41, 5.74) is 2.41. The molecule has 2 atom stereocenters. The highest BCUT2D eigenvalue weighted by molar-refractivity contribution is 7.98. The van der Waals surface area contributed by atoms with Crippen LogP contribution in [0.25, 0.3) is 11.1 Å². The van der Waals surface area contributed by atoms with Crippen molar-refractivity contribution in [2.24, 2.45) is 0 Å². The molecule has 166 valence electrons. The minimum atomic E-state index is -2.90. The third-order valence-corrected chi connectivity index (χ3v) is 6.48. The SMILES string of the molecule is CC(F)(F)SNC1CCCN2C(=O)CCOc3c(F)cccc3-c3cccc(c3)CC12. The molecule has 2 heterocycles. The largest absolute Gasteiger partial charge is 0.489 e. The number of fused-ring (bicyclic) bond motifs is 5. The lowest BCUT2D eigenvalue weighted by molar-refractivity contribution is -0.136. The highest BCUT2D eigenvalue weighted by Crippen LogP contribution is 2.35. The zero-order chi connectivity index (χ0) is 22.0. The smallest absolute Gasteiger partial charge is 0.304 e. The predicted molar refractivity (Wildman–Crippen MR) is 116 cm³/mol. The summed E-state index contributed by atoms with van der Waals surface area (Å²) >= 11 is 0.405. The quantitative estimate of drug-likeness (QED) is 0.667. The second kappa shape index (κ2) is 9.12. The van der Waals surface area contributed by atoms with Crippen LogP contribution in [0.5, 0.6) is 5.75 Å². The van der Waals surface area contributed by atoms with Gasteiger partial charge in [-0.25, -0.2) is 4.39 Å². The molecule has 4 rings (SSSR count). The number of halogens is 3. The van der Waals surface area contributed by atoms with Crippen molar-refractivity contribution in [2.75, 3.05) is 13.2 Å². The van der Waals surface area contributed by atoms with Gasteiger partial charge in [-0.15, -0.1) is 0 Å². The van der Waals surface area contributed by atoms with E-state index in [9.17, 15) is 18.0 Å². The van der Waals surface area contributed by atoms with Crippen molar-refractivity contribution in [1.29, 1.82) is 0 Å². The summed E-state index contributed by atoms with van der Waals surface area (Å²) in [6.07, 6.45) is 2.07. The fourth-order valence-corrected chi connectivity index (χ4v) is 4.94. The molecule has 31 heavy (non-hydrogen) atoms. The summed E-state index contributed by atoms with van der Waals surface area (Å²) in [5.74, 6) is -0.436. The lowest BCUT2D eigenvalue weighted by Crippen LogP contribution is -2.56. The van der Waals surface area contributed by atoms with Gasteiger partial charge in [-0.3, -0.25) is 9.52 Å². The van der Waals surface area contributed by atoms with Crippen molar-refractivity contribution >= 4 is 17.9 Å². The number of alkyl halides is 2. The van der Waals surface area contributed by atoms with E-state index >= 15 is 0 Å². The molecule has 0 saturated carbocycles. The third-order valence-electron chi connectivity index (χ3n) is 5.70. The molecule has 1 N–H and O–H groups in total. The van der Waals surface area contributed by atoms with E-state index in [0.29, 0.717) is 36.9 Å². The Morgan fingerprint density at radius 3 is 2.84 bits per heavy atom. The maximum Gasteiger partial charge on any atom is 0.304 e. The number of para-hydroxylation sites is 1. The zero-order valence-electron chi connectivity index (χ0n) is 17.2. The molecule has 0 radical (unpaired) electrons. The summed E-state index contributed by atoms with van der Waals surface area (Å²) in [6.45, 7) is 1.48. The molecule has 2 aliphatic heterocycles. The molecule has 1 fully saturated rings. The van der Waals surface area contributed by atoms with Crippen molar-refractivity contribution < 1.29 is 22.7 Å². The maximum atomic E-state index is 14.5. The fraction of sp³-hybridized carbons (Fsp3) is 0.435. The Hall–Kier alpha value is -2.19. The summed E-state index contributed by atoms with van der Waals surface area (Å²) in [4.78, 5) is 14.8. The van der Waals surface area contributed by atoms with Crippen LogP contribution in [0.4, 0.5) is 13.2 Å². The minimum Gasteiger partial charge on any atom is -0.489 e. The van der Waals surface area contributed by atoms with Crippen molar-refractivity contribution in [3.63, 3.8) is 0 Å². The molecule has 1 amide bonds. The molecular formula is C23H25F3N2O2S. The van der Waals surface area contributed by atoms with Gasteiger partial charge in [0.05, 0.1) is 19.1 Å². The van der Waals surface area contributed by atoms with E-state index in [1.54, 1.807) is 17.0 Å². The molecule has 8 heteroatoms. The molecule has 2 aromatic carbocycles. The Morgan fingerprint density at radius 2 is 2.03 bits per heavy atom. The standard InChI is InChI=1S/C23H25F3N2O2S/c1-23(25,26)31-27-19-9-4-11-28-20(19)14-15-5-2-6-16(13-15)17-7-3-8-18(24)22(17)30-12-10-21(28)29/h2-3,5-8,13,19-20,27H,4,9-12,14H2,1H3. The van der Waals surface area contributed by atoms with E-state index in [0.717, 1.165) is 24.5 Å². The second-order valence-electron chi connectivity index (χ2n) is 8.05. The van der Waals surface area contributed by atoms with E-state index < -0.39 is 11.1 Å². The number of amides is 1. The fourth-order valence-electron chi connectivity index (χ4n) is 4.31. The van der Waals surface area contributed by atoms with Gasteiger partial charge in [0, 0.05) is 25.1 Å². The van der Waals surface area contributed by atoms with Gasteiger partial charge in [-0.05, 0) is 48.4 Å². The number of ether oxygens (including phenoxy) is 1. The first kappa shape index (κ1) is 22.0. The van der Waals surface area contributed by atoms with Gasteiger partial charge < -0.3 is 9.64 Å². The number of hydrogen-bond acceptors (Lipinski definition) is 4. The van der Waals surface area contributed by atoms with Gasteiger partial charge in [0.15, 0.2) is 11.6 Å². The minimum absolute atomic E-state index is 0.0511. The first-order valence-corrected chi connectivity index (χ1v) is 11.2. The van der Waals surface area contributed by atoms with E-state index in [4.69, 9.17) is 4.74 Å². The monoisotopic (exact) mass is 450 g/mol. The summed E-state index contributed by atoms with van der Waals surface area (Å²) in [6, 6.07) is 11.9. The Labute approximate surface area is 184 Å². The van der Waals surface area contributed by atoms with Gasteiger partial charge >= 0.3 is 5.25 Å². The van der Waals surface area contributed by atoms with Crippen molar-refractivity contribution in [3.8, 4) is 16.9 Å². The summed E-state index contributed by atoms with van der Waals surface area (Å²) in [5, 5.41) is -2.90. The van der Waals surface area contributed by atoms with E-state index in [2.05, 4.69) is 4.72 Å². The van der Waals surface area contributed by atoms with Gasteiger partial charge in [-0.2, -0.15) is 8.78 Å². The van der Waals surface area contributed by atoms with E-state index in [1.165, 1.54) is 6.07 Å². The molecule has 1 saturated heterocycles. The van der Waals surface area contributed by atoms with Crippen LogP contribution < -0.4 is 9.46 Å². The molecule has 4 nitrogen and oxygen atoms in total. The van der Waals surface area contributed by atoms with Crippen molar-refractivity contribution in [1.82, 2.24) is 9.62 Å². The number of nitrogens with one attached hydrogen (secondary N) is 1. The van der Waals surface area contributed by atoms with Crippen LogP contribution in [0.2, 0.25) is 0 Å². The van der Waals surface area contributed by atoms with E-state index in [1.807, 2.05) is 24.3 Å². The van der Waals surface area contributed by atoms with Crippen LogP contribution >= 0.6 is 11.9 Å². The normalized spacial score (nSPS) is 21.9. The van der Waals surface area contributed by atoms with Crippen molar-refractivity contribution in [3.05, 3.63) is 53.8 Å². The topological polar surface area (TPSA) is 41.6 Å². The molecule has 2 bridgehead atoms. The van der Waals surface area contributed by atoms with Crippen LogP contribution in [0.3, 0.4) is 0 Å². The predicted octanol–water partition coefficient (Wildman–Crippen LogP) is 5.03. The molecule has 0 aliphatic carbocycles. The average molecular weight is 451 g/mol. The lowest BCUT2D eigenvalue weighted by Gasteiger charge is -2.42. The molecule has 0 aromatic heterocycles. The number of hydrogen-bond donors (Lipinski definition) is 1. The molecular weight excluding hydrogens is 425 g/mol. The molecule has 2 unspecified atom stereocenters. The van der Waals surface area contributed by atoms with Gasteiger partial charge in [0.1, 0.15) is 0 Å². The van der Waals surface area contributed by atoms with Gasteiger partial charge in [0.25, 0.3) is 0 Å². The first-order chi connectivity index (χ1) is 14.8. The molecule has 0 spiro atoms. The number of rotatable bonds is 3. The Kier molecular flexibility index (Phi) is 6.48. The van der Waals surface area contributed by atoms with Crippen LogP contribution in [0.1, 0.15) is 31.7 Å². The lowest BCUT2D eigenvalue weighted by atomic mass is 9.90.